The van der Waals surface area contributed by atoms with E-state index in [0.717, 1.165) is 25.7 Å². The number of rotatable bonds is 7. The van der Waals surface area contributed by atoms with Gasteiger partial charge in [0.15, 0.2) is 0 Å². The van der Waals surface area contributed by atoms with E-state index in [0.29, 0.717) is 23.7 Å². The minimum atomic E-state index is 0.570. The summed E-state index contributed by atoms with van der Waals surface area (Å²) in [4.78, 5) is 0. The summed E-state index contributed by atoms with van der Waals surface area (Å²) in [6.45, 7) is 7.39. The second-order valence-corrected chi connectivity index (χ2v) is 15.4. The Kier molecular flexibility index (Phi) is 7.80. The molecule has 0 radical (unpaired) electrons. The zero-order valence-corrected chi connectivity index (χ0v) is 29.4. The van der Waals surface area contributed by atoms with Gasteiger partial charge in [0, 0.05) is 0 Å². The van der Waals surface area contributed by atoms with E-state index in [1.165, 1.54) is 86.5 Å². The molecule has 0 heterocycles. The molecule has 0 amide bonds. The van der Waals surface area contributed by atoms with Crippen LogP contribution in [-0.2, 0) is 6.42 Å². The zero-order chi connectivity index (χ0) is 33.1. The first-order valence-corrected chi connectivity index (χ1v) is 19.0. The molecule has 4 unspecified atom stereocenters. The van der Waals surface area contributed by atoms with Gasteiger partial charge in [-0.1, -0.05) is 145 Å². The second-order valence-electron chi connectivity index (χ2n) is 15.4. The van der Waals surface area contributed by atoms with E-state index in [4.69, 9.17) is 0 Å². The van der Waals surface area contributed by atoms with Gasteiger partial charge in [-0.05, 0) is 149 Å². The maximum atomic E-state index is 2.59. The highest BCUT2D eigenvalue weighted by Gasteiger charge is 2.40. The van der Waals surface area contributed by atoms with Gasteiger partial charge < -0.3 is 0 Å². The Balaban J connectivity index is 1.25. The summed E-state index contributed by atoms with van der Waals surface area (Å²) >= 11 is 0. The Bertz CT molecular complexity index is 2160. The lowest BCUT2D eigenvalue weighted by molar-refractivity contribution is 0.310. The molecule has 0 aliphatic heterocycles. The molecule has 49 heavy (non-hydrogen) atoms. The Morgan fingerprint density at radius 1 is 0.898 bits per heavy atom. The summed E-state index contributed by atoms with van der Waals surface area (Å²) in [7, 11) is 0. The first-order valence-electron chi connectivity index (χ1n) is 19.0. The number of allylic oxidation sites excluding steroid dienone is 11. The quantitative estimate of drug-likeness (QED) is 0.156. The number of benzene rings is 4. The van der Waals surface area contributed by atoms with Crippen LogP contribution in [0.25, 0.3) is 38.6 Å². The van der Waals surface area contributed by atoms with Crippen molar-refractivity contribution in [3.63, 3.8) is 0 Å². The third kappa shape index (κ3) is 5.10. The van der Waals surface area contributed by atoms with Crippen LogP contribution < -0.4 is 0 Å². The van der Waals surface area contributed by atoms with Crippen molar-refractivity contribution < 1.29 is 0 Å². The molecule has 244 valence electrons. The molecule has 4 atom stereocenters. The van der Waals surface area contributed by atoms with Crippen LogP contribution in [0.1, 0.15) is 82.4 Å². The molecule has 0 aromatic heterocycles. The van der Waals surface area contributed by atoms with E-state index >= 15 is 0 Å². The van der Waals surface area contributed by atoms with Crippen molar-refractivity contribution in [2.24, 2.45) is 23.7 Å². The van der Waals surface area contributed by atoms with Crippen molar-refractivity contribution >= 4 is 16.3 Å². The van der Waals surface area contributed by atoms with Crippen LogP contribution in [0.3, 0.4) is 0 Å². The maximum absolute atomic E-state index is 2.59. The first-order chi connectivity index (χ1) is 24.1. The zero-order valence-electron chi connectivity index (χ0n) is 29.4. The fourth-order valence-corrected chi connectivity index (χ4v) is 10.6. The molecule has 0 N–H and O–H groups in total. The summed E-state index contributed by atoms with van der Waals surface area (Å²) in [6.07, 6.45) is 24.0. The summed E-state index contributed by atoms with van der Waals surface area (Å²) in [5.41, 5.74) is 19.5. The number of hydrogen-bond donors (Lipinski definition) is 0. The van der Waals surface area contributed by atoms with Crippen LogP contribution in [0, 0.1) is 23.7 Å². The van der Waals surface area contributed by atoms with Gasteiger partial charge in [-0.3, -0.25) is 0 Å². The van der Waals surface area contributed by atoms with Crippen LogP contribution in [0.15, 0.2) is 143 Å². The Morgan fingerprint density at radius 2 is 1.69 bits per heavy atom. The van der Waals surface area contributed by atoms with E-state index in [-0.39, 0.29) is 0 Å². The molecule has 0 heteroatoms. The SMILES string of the molecule is CCC(C1=C(C)CCCC1C)C1C=CC=C2CC(=C(c3ccccc3)c3c(CC4=CCC=C4)cc4c5c(cccc35)-c3ccccc3-4)CC21. The summed E-state index contributed by atoms with van der Waals surface area (Å²) in [5.74, 6) is 2.48. The highest BCUT2D eigenvalue weighted by atomic mass is 14.4. The van der Waals surface area contributed by atoms with Crippen molar-refractivity contribution in [3.8, 4) is 22.3 Å². The second kappa shape index (κ2) is 12.5. The Labute approximate surface area is 293 Å². The Morgan fingerprint density at radius 3 is 2.47 bits per heavy atom. The van der Waals surface area contributed by atoms with Crippen LogP contribution in [-0.4, -0.2) is 0 Å². The van der Waals surface area contributed by atoms with Gasteiger partial charge in [0.05, 0.1) is 0 Å². The van der Waals surface area contributed by atoms with E-state index in [9.17, 15) is 0 Å². The van der Waals surface area contributed by atoms with Crippen molar-refractivity contribution in [3.05, 3.63) is 160 Å². The molecule has 0 saturated heterocycles. The number of hydrogen-bond acceptors (Lipinski definition) is 0. The standard InChI is InChI=1S/C49H48/c1-4-38(46-31(2)15-12-16-32(46)3)39-24-13-21-35-28-37(29-44(35)39)47(34-19-6-5-7-20-34)48-36(27-33-17-8-9-18-33)30-45-41-23-11-10-22-40(41)42-25-14-26-43(48)49(42)45/h5-8,10-11,13-14,17-26,30-31,38-39,44H,4,9,12,15-16,27-29H2,1-3H3. The van der Waals surface area contributed by atoms with Crippen molar-refractivity contribution in [1.29, 1.82) is 0 Å². The minimum absolute atomic E-state index is 0.570. The topological polar surface area (TPSA) is 0 Å². The summed E-state index contributed by atoms with van der Waals surface area (Å²) in [6, 6.07) is 30.1. The predicted molar refractivity (Wildman–Crippen MR) is 209 cm³/mol. The van der Waals surface area contributed by atoms with Gasteiger partial charge in [-0.15, -0.1) is 0 Å². The monoisotopic (exact) mass is 636 g/mol. The highest BCUT2D eigenvalue weighted by Crippen LogP contribution is 2.55. The molecule has 5 aliphatic rings. The highest BCUT2D eigenvalue weighted by molar-refractivity contribution is 6.18. The van der Waals surface area contributed by atoms with Gasteiger partial charge >= 0.3 is 0 Å². The van der Waals surface area contributed by atoms with Crippen LogP contribution in [0.5, 0.6) is 0 Å². The largest absolute Gasteiger partial charge is 0.0805 e. The van der Waals surface area contributed by atoms with Gasteiger partial charge in [0.1, 0.15) is 0 Å². The third-order valence-corrected chi connectivity index (χ3v) is 12.6. The average molecular weight is 637 g/mol. The molecule has 5 aliphatic carbocycles. The van der Waals surface area contributed by atoms with E-state index in [1.807, 2.05) is 0 Å². The predicted octanol–water partition coefficient (Wildman–Crippen LogP) is 13.4. The van der Waals surface area contributed by atoms with Crippen molar-refractivity contribution in [2.45, 2.75) is 72.1 Å². The molecule has 0 nitrogen and oxygen atoms in total. The molecule has 4 aromatic carbocycles. The lowest BCUT2D eigenvalue weighted by atomic mass is 9.67. The third-order valence-electron chi connectivity index (χ3n) is 12.6. The summed E-state index contributed by atoms with van der Waals surface area (Å²) in [5, 5.41) is 2.85. The molecular weight excluding hydrogens is 589 g/mol. The molecule has 9 rings (SSSR count). The number of fused-ring (bicyclic) bond motifs is 4. The van der Waals surface area contributed by atoms with Crippen molar-refractivity contribution in [2.75, 3.05) is 0 Å². The first kappa shape index (κ1) is 30.6. The van der Waals surface area contributed by atoms with Gasteiger partial charge in [0.2, 0.25) is 0 Å². The molecular formula is C49H48. The lowest BCUT2D eigenvalue weighted by Gasteiger charge is -2.38. The lowest BCUT2D eigenvalue weighted by Crippen LogP contribution is -2.28. The van der Waals surface area contributed by atoms with E-state index in [1.54, 1.807) is 22.3 Å². The van der Waals surface area contributed by atoms with Crippen molar-refractivity contribution in [1.82, 2.24) is 0 Å². The average Bonchev–Trinajstić information content (AvgIpc) is 3.88. The molecule has 1 fully saturated rings. The van der Waals surface area contributed by atoms with Crippen LogP contribution >= 0.6 is 0 Å². The molecule has 0 spiro atoms. The fraction of sp³-hybridized carbons (Fsp3) is 0.306. The van der Waals surface area contributed by atoms with E-state index in [2.05, 4.69) is 136 Å². The maximum Gasteiger partial charge on any atom is -0.00199 e. The minimum Gasteiger partial charge on any atom is -0.0805 e. The molecule has 1 saturated carbocycles. The van der Waals surface area contributed by atoms with E-state index < -0.39 is 0 Å². The van der Waals surface area contributed by atoms with Gasteiger partial charge in [0.25, 0.3) is 0 Å². The smallest absolute Gasteiger partial charge is 0.00199 e. The normalized spacial score (nSPS) is 23.9. The van der Waals surface area contributed by atoms with Gasteiger partial charge in [-0.2, -0.15) is 0 Å². The Hall–Kier alpha value is -4.42. The van der Waals surface area contributed by atoms with Crippen LogP contribution in [0.4, 0.5) is 0 Å². The fourth-order valence-electron chi connectivity index (χ4n) is 10.6. The van der Waals surface area contributed by atoms with Gasteiger partial charge in [-0.25, -0.2) is 0 Å². The summed E-state index contributed by atoms with van der Waals surface area (Å²) < 4.78 is 0. The molecule has 0 bridgehead atoms. The van der Waals surface area contributed by atoms with Crippen LogP contribution in [0.2, 0.25) is 0 Å². The molecule has 4 aromatic rings.